The van der Waals surface area contributed by atoms with Crippen LogP contribution in [0.2, 0.25) is 0 Å². The number of rotatable bonds is 9. The molecule has 0 spiro atoms. The summed E-state index contributed by atoms with van der Waals surface area (Å²) >= 11 is 3.41. The van der Waals surface area contributed by atoms with E-state index in [9.17, 15) is 18.0 Å². The lowest BCUT2D eigenvalue weighted by Crippen LogP contribution is -2.54. The normalized spacial score (nSPS) is 12.6. The molecule has 2 aromatic rings. The standard InChI is InChI=1S/C25H34BrN3O5S/c1-17-13-20(11-12-22(17)26)29(35(7,32)33)16-23(30)28(18(2)24(31)27-25(3,4)5)15-19-9-8-10-21(14-19)34-6/h8-14,18H,15-16H2,1-7H3,(H,27,31)/t18-/m1/s1. The molecule has 1 N–H and O–H groups in total. The van der Waals surface area contributed by atoms with Gasteiger partial charge in [-0.15, -0.1) is 0 Å². The predicted octanol–water partition coefficient (Wildman–Crippen LogP) is 3.86. The Kier molecular flexibility index (Phi) is 9.36. The van der Waals surface area contributed by atoms with Gasteiger partial charge in [0, 0.05) is 16.6 Å². The minimum Gasteiger partial charge on any atom is -0.497 e. The van der Waals surface area contributed by atoms with E-state index in [4.69, 9.17) is 4.74 Å². The molecule has 0 saturated carbocycles. The fourth-order valence-electron chi connectivity index (χ4n) is 3.42. The van der Waals surface area contributed by atoms with E-state index >= 15 is 0 Å². The highest BCUT2D eigenvalue weighted by Crippen LogP contribution is 2.25. The number of nitrogens with zero attached hydrogens (tertiary/aromatic N) is 2. The van der Waals surface area contributed by atoms with Crippen LogP contribution in [0, 0.1) is 6.92 Å². The van der Waals surface area contributed by atoms with Gasteiger partial charge in [-0.3, -0.25) is 13.9 Å². The van der Waals surface area contributed by atoms with Crippen molar-refractivity contribution >= 4 is 43.5 Å². The maximum atomic E-state index is 13.6. The molecular formula is C25H34BrN3O5S. The number of sulfonamides is 1. The Labute approximate surface area is 216 Å². The zero-order chi connectivity index (χ0) is 26.6. The summed E-state index contributed by atoms with van der Waals surface area (Å²) in [6, 6.07) is 11.4. The maximum Gasteiger partial charge on any atom is 0.244 e. The monoisotopic (exact) mass is 567 g/mol. The Balaban J connectivity index is 2.44. The van der Waals surface area contributed by atoms with Crippen molar-refractivity contribution in [2.24, 2.45) is 0 Å². The molecule has 0 aliphatic rings. The smallest absolute Gasteiger partial charge is 0.244 e. The highest BCUT2D eigenvalue weighted by atomic mass is 79.9. The van der Waals surface area contributed by atoms with Gasteiger partial charge in [0.2, 0.25) is 21.8 Å². The van der Waals surface area contributed by atoms with Crippen molar-refractivity contribution in [3.05, 3.63) is 58.1 Å². The first-order valence-electron chi connectivity index (χ1n) is 11.1. The minimum absolute atomic E-state index is 0.103. The molecule has 0 aliphatic carbocycles. The van der Waals surface area contributed by atoms with E-state index in [-0.39, 0.29) is 12.5 Å². The molecule has 0 radical (unpaired) electrons. The molecule has 0 aromatic heterocycles. The van der Waals surface area contributed by atoms with Crippen molar-refractivity contribution in [1.82, 2.24) is 10.2 Å². The number of anilines is 1. The molecule has 0 fully saturated rings. The SMILES string of the molecule is COc1cccc(CN(C(=O)CN(c2ccc(Br)c(C)c2)S(C)(=O)=O)[C@H](C)C(=O)NC(C)(C)C)c1. The molecule has 0 aliphatic heterocycles. The van der Waals surface area contributed by atoms with Crippen LogP contribution in [0.4, 0.5) is 5.69 Å². The summed E-state index contributed by atoms with van der Waals surface area (Å²) in [5.41, 5.74) is 1.45. The number of aryl methyl sites for hydroxylation is 1. The van der Waals surface area contributed by atoms with Gasteiger partial charge in [0.1, 0.15) is 18.3 Å². The Hall–Kier alpha value is -2.59. The van der Waals surface area contributed by atoms with Crippen molar-refractivity contribution in [2.75, 3.05) is 24.2 Å². The van der Waals surface area contributed by atoms with Gasteiger partial charge >= 0.3 is 0 Å². The molecule has 0 saturated heterocycles. The molecular weight excluding hydrogens is 534 g/mol. The van der Waals surface area contributed by atoms with E-state index in [0.717, 1.165) is 26.2 Å². The van der Waals surface area contributed by atoms with E-state index in [2.05, 4.69) is 21.2 Å². The van der Waals surface area contributed by atoms with Gasteiger partial charge in [-0.05, 0) is 76.1 Å². The van der Waals surface area contributed by atoms with E-state index < -0.39 is 34.1 Å². The highest BCUT2D eigenvalue weighted by molar-refractivity contribution is 9.10. The van der Waals surface area contributed by atoms with Gasteiger partial charge < -0.3 is 15.0 Å². The van der Waals surface area contributed by atoms with Crippen LogP contribution in [0.1, 0.15) is 38.8 Å². The van der Waals surface area contributed by atoms with Crippen LogP contribution in [0.25, 0.3) is 0 Å². The molecule has 0 unspecified atom stereocenters. The molecule has 192 valence electrons. The molecule has 35 heavy (non-hydrogen) atoms. The van der Waals surface area contributed by atoms with Crippen LogP contribution in [0.5, 0.6) is 5.75 Å². The van der Waals surface area contributed by atoms with Gasteiger partial charge in [-0.2, -0.15) is 0 Å². The molecule has 0 heterocycles. The summed E-state index contributed by atoms with van der Waals surface area (Å²) < 4.78 is 32.5. The number of methoxy groups -OCH3 is 1. The van der Waals surface area contributed by atoms with Gasteiger partial charge in [0.25, 0.3) is 0 Å². The minimum atomic E-state index is -3.78. The van der Waals surface area contributed by atoms with Crippen molar-refractivity contribution in [3.63, 3.8) is 0 Å². The van der Waals surface area contributed by atoms with Crippen molar-refractivity contribution in [3.8, 4) is 5.75 Å². The van der Waals surface area contributed by atoms with Gasteiger partial charge in [0.05, 0.1) is 19.1 Å². The molecule has 10 heteroatoms. The summed E-state index contributed by atoms with van der Waals surface area (Å²) in [6.45, 7) is 8.69. The number of carbonyl (C=O) groups excluding carboxylic acids is 2. The quantitative estimate of drug-likeness (QED) is 0.496. The van der Waals surface area contributed by atoms with Gasteiger partial charge in [-0.1, -0.05) is 28.1 Å². The molecule has 2 aromatic carbocycles. The number of benzene rings is 2. The first-order valence-corrected chi connectivity index (χ1v) is 13.7. The summed E-state index contributed by atoms with van der Waals surface area (Å²) in [6.07, 6.45) is 1.06. The lowest BCUT2D eigenvalue weighted by molar-refractivity contribution is -0.140. The van der Waals surface area contributed by atoms with Crippen molar-refractivity contribution < 1.29 is 22.7 Å². The number of hydrogen-bond acceptors (Lipinski definition) is 5. The van der Waals surface area contributed by atoms with Crippen molar-refractivity contribution in [1.29, 1.82) is 0 Å². The number of hydrogen-bond donors (Lipinski definition) is 1. The van der Waals surface area contributed by atoms with E-state index in [1.54, 1.807) is 50.4 Å². The molecule has 1 atom stereocenters. The molecule has 2 rings (SSSR count). The topological polar surface area (TPSA) is 96.0 Å². The third kappa shape index (κ3) is 8.24. The van der Waals surface area contributed by atoms with Crippen molar-refractivity contribution in [2.45, 2.75) is 52.7 Å². The Bertz CT molecular complexity index is 1180. The fraction of sp³-hybridized carbons (Fsp3) is 0.440. The second-order valence-electron chi connectivity index (χ2n) is 9.49. The van der Waals surface area contributed by atoms with Gasteiger partial charge in [-0.25, -0.2) is 8.42 Å². The largest absolute Gasteiger partial charge is 0.497 e. The second kappa shape index (κ2) is 11.4. The number of amides is 2. The average Bonchev–Trinajstić information content (AvgIpc) is 2.75. The number of carbonyl (C=O) groups is 2. The number of nitrogens with one attached hydrogen (secondary N) is 1. The molecule has 0 bridgehead atoms. The summed E-state index contributed by atoms with van der Waals surface area (Å²) in [7, 11) is -2.24. The zero-order valence-electron chi connectivity index (χ0n) is 21.3. The van der Waals surface area contributed by atoms with E-state index in [0.29, 0.717) is 11.4 Å². The second-order valence-corrected chi connectivity index (χ2v) is 12.3. The summed E-state index contributed by atoms with van der Waals surface area (Å²) in [5.74, 6) is -0.223. The van der Waals surface area contributed by atoms with Crippen LogP contribution < -0.4 is 14.4 Å². The fourth-order valence-corrected chi connectivity index (χ4v) is 4.51. The summed E-state index contributed by atoms with van der Waals surface area (Å²) in [4.78, 5) is 28.0. The maximum absolute atomic E-state index is 13.6. The van der Waals surface area contributed by atoms with Crippen LogP contribution in [-0.2, 0) is 26.2 Å². The third-order valence-corrected chi connectivity index (χ3v) is 7.29. The lowest BCUT2D eigenvalue weighted by Gasteiger charge is -2.33. The third-order valence-electron chi connectivity index (χ3n) is 5.26. The Morgan fingerprint density at radius 1 is 1.14 bits per heavy atom. The molecule has 2 amide bonds. The van der Waals surface area contributed by atoms with Crippen LogP contribution in [0.3, 0.4) is 0 Å². The predicted molar refractivity (Wildman–Crippen MR) is 142 cm³/mol. The summed E-state index contributed by atoms with van der Waals surface area (Å²) in [5, 5.41) is 2.90. The van der Waals surface area contributed by atoms with Crippen LogP contribution >= 0.6 is 15.9 Å². The average molecular weight is 569 g/mol. The van der Waals surface area contributed by atoms with Gasteiger partial charge in [0.15, 0.2) is 0 Å². The lowest BCUT2D eigenvalue weighted by atomic mass is 10.1. The molecule has 8 nitrogen and oxygen atoms in total. The van der Waals surface area contributed by atoms with E-state index in [1.165, 1.54) is 4.90 Å². The Morgan fingerprint density at radius 3 is 2.34 bits per heavy atom. The number of halogens is 1. The van der Waals surface area contributed by atoms with E-state index in [1.807, 2.05) is 33.8 Å². The van der Waals surface area contributed by atoms with Crippen LogP contribution in [0.15, 0.2) is 46.9 Å². The van der Waals surface area contributed by atoms with Crippen LogP contribution in [-0.4, -0.2) is 56.6 Å². The first-order chi connectivity index (χ1) is 16.1. The zero-order valence-corrected chi connectivity index (χ0v) is 23.7. The number of ether oxygens (including phenoxy) is 1. The highest BCUT2D eigenvalue weighted by Gasteiger charge is 2.31. The Morgan fingerprint density at radius 2 is 1.80 bits per heavy atom. The first kappa shape index (κ1) is 28.6.